The number of rotatable bonds is 3. The van der Waals surface area contributed by atoms with Crippen LogP contribution in [0.1, 0.15) is 25.5 Å². The van der Waals surface area contributed by atoms with Crippen molar-refractivity contribution in [3.63, 3.8) is 0 Å². The number of hydrogen-bond donors (Lipinski definition) is 3. The van der Waals surface area contributed by atoms with Crippen molar-refractivity contribution in [2.45, 2.75) is 25.9 Å². The Labute approximate surface area is 89.1 Å². The van der Waals surface area contributed by atoms with Gasteiger partial charge in [-0.05, 0) is 31.5 Å². The fourth-order valence-corrected chi connectivity index (χ4v) is 1.22. The molecule has 0 aromatic heterocycles. The summed E-state index contributed by atoms with van der Waals surface area (Å²) >= 11 is 0. The molecule has 1 aromatic carbocycles. The summed E-state index contributed by atoms with van der Waals surface area (Å²) < 4.78 is 0. The van der Waals surface area contributed by atoms with E-state index >= 15 is 0 Å². The smallest absolute Gasteiger partial charge is 0.237 e. The predicted molar refractivity (Wildman–Crippen MR) is 58.3 cm³/mol. The lowest BCUT2D eigenvalue weighted by Gasteiger charge is -2.15. The van der Waals surface area contributed by atoms with E-state index in [0.717, 1.165) is 5.56 Å². The van der Waals surface area contributed by atoms with Gasteiger partial charge in [0, 0.05) is 0 Å². The van der Waals surface area contributed by atoms with Gasteiger partial charge in [-0.15, -0.1) is 0 Å². The van der Waals surface area contributed by atoms with Crippen LogP contribution >= 0.6 is 0 Å². The van der Waals surface area contributed by atoms with Crippen LogP contribution < -0.4 is 11.1 Å². The number of nitrogens with two attached hydrogens (primary N) is 1. The van der Waals surface area contributed by atoms with E-state index in [2.05, 4.69) is 5.32 Å². The Kier molecular flexibility index (Phi) is 3.68. The van der Waals surface area contributed by atoms with Crippen LogP contribution in [0.4, 0.5) is 0 Å². The topological polar surface area (TPSA) is 75.4 Å². The van der Waals surface area contributed by atoms with Crippen LogP contribution in [0.2, 0.25) is 0 Å². The number of carbonyl (C=O) groups excluding carboxylic acids is 1. The van der Waals surface area contributed by atoms with Gasteiger partial charge in [0.1, 0.15) is 5.75 Å². The summed E-state index contributed by atoms with van der Waals surface area (Å²) in [4.78, 5) is 11.3. The summed E-state index contributed by atoms with van der Waals surface area (Å²) in [5.41, 5.74) is 6.28. The van der Waals surface area contributed by atoms with Gasteiger partial charge in [-0.2, -0.15) is 0 Å². The molecule has 0 aliphatic carbocycles. The van der Waals surface area contributed by atoms with Crippen molar-refractivity contribution in [2.75, 3.05) is 0 Å². The second kappa shape index (κ2) is 4.79. The third kappa shape index (κ3) is 3.25. The molecule has 0 radical (unpaired) electrons. The quantitative estimate of drug-likeness (QED) is 0.691. The van der Waals surface area contributed by atoms with Crippen LogP contribution in [0.5, 0.6) is 5.75 Å². The lowest BCUT2D eigenvalue weighted by atomic mass is 10.1. The third-order valence-electron chi connectivity index (χ3n) is 2.14. The van der Waals surface area contributed by atoms with Crippen LogP contribution in [-0.4, -0.2) is 17.1 Å². The molecule has 0 heterocycles. The lowest BCUT2D eigenvalue weighted by Crippen LogP contribution is -2.39. The van der Waals surface area contributed by atoms with Crippen molar-refractivity contribution < 1.29 is 9.90 Å². The standard InChI is InChI=1S/C11H16N2O2/c1-7(12)11(15)13-8(2)9-4-3-5-10(14)6-9/h3-8,14H,12H2,1-2H3,(H,13,15)/t7-,8?/m1/s1. The lowest BCUT2D eigenvalue weighted by molar-refractivity contribution is -0.122. The summed E-state index contributed by atoms with van der Waals surface area (Å²) in [6.07, 6.45) is 0. The van der Waals surface area contributed by atoms with E-state index in [1.165, 1.54) is 0 Å². The molecule has 2 atom stereocenters. The zero-order valence-corrected chi connectivity index (χ0v) is 8.90. The number of phenols is 1. The summed E-state index contributed by atoms with van der Waals surface area (Å²) in [5.74, 6) is -0.0137. The molecule has 1 amide bonds. The summed E-state index contributed by atoms with van der Waals surface area (Å²) in [7, 11) is 0. The Morgan fingerprint density at radius 2 is 2.13 bits per heavy atom. The van der Waals surface area contributed by atoms with E-state index in [-0.39, 0.29) is 17.7 Å². The first-order chi connectivity index (χ1) is 7.00. The van der Waals surface area contributed by atoms with Gasteiger partial charge >= 0.3 is 0 Å². The van der Waals surface area contributed by atoms with Crippen LogP contribution in [0, 0.1) is 0 Å². The summed E-state index contributed by atoms with van der Waals surface area (Å²) in [6.45, 7) is 3.47. The highest BCUT2D eigenvalue weighted by Crippen LogP contribution is 2.17. The molecule has 4 N–H and O–H groups in total. The van der Waals surface area contributed by atoms with Crippen molar-refractivity contribution in [2.24, 2.45) is 5.73 Å². The highest BCUT2D eigenvalue weighted by atomic mass is 16.3. The number of nitrogens with one attached hydrogen (secondary N) is 1. The molecule has 1 aromatic rings. The maximum Gasteiger partial charge on any atom is 0.237 e. The Morgan fingerprint density at radius 1 is 1.47 bits per heavy atom. The molecular formula is C11H16N2O2. The number of phenolic OH excluding ortho intramolecular Hbond substituents is 1. The van der Waals surface area contributed by atoms with Crippen molar-refractivity contribution in [1.29, 1.82) is 0 Å². The van der Waals surface area contributed by atoms with E-state index in [9.17, 15) is 9.90 Å². The SMILES string of the molecule is CC(NC(=O)[C@@H](C)N)c1cccc(O)c1. The minimum atomic E-state index is -0.523. The van der Waals surface area contributed by atoms with Gasteiger partial charge in [-0.1, -0.05) is 12.1 Å². The molecular weight excluding hydrogens is 192 g/mol. The second-order valence-electron chi connectivity index (χ2n) is 3.61. The number of hydrogen-bond acceptors (Lipinski definition) is 3. The van der Waals surface area contributed by atoms with E-state index in [1.807, 2.05) is 13.0 Å². The van der Waals surface area contributed by atoms with Crippen molar-refractivity contribution >= 4 is 5.91 Å². The first-order valence-electron chi connectivity index (χ1n) is 4.85. The third-order valence-corrected chi connectivity index (χ3v) is 2.14. The maximum atomic E-state index is 11.3. The Bertz CT molecular complexity index is 350. The van der Waals surface area contributed by atoms with E-state index in [4.69, 9.17) is 5.73 Å². The van der Waals surface area contributed by atoms with Gasteiger partial charge in [0.2, 0.25) is 5.91 Å². The molecule has 0 spiro atoms. The molecule has 1 unspecified atom stereocenters. The van der Waals surface area contributed by atoms with E-state index in [0.29, 0.717) is 0 Å². The number of amides is 1. The molecule has 0 aliphatic heterocycles. The van der Waals surface area contributed by atoms with Gasteiger partial charge < -0.3 is 16.2 Å². The first kappa shape index (κ1) is 11.5. The average Bonchev–Trinajstić information content (AvgIpc) is 2.17. The fraction of sp³-hybridized carbons (Fsp3) is 0.364. The van der Waals surface area contributed by atoms with Crippen molar-refractivity contribution in [3.8, 4) is 5.75 Å². The second-order valence-corrected chi connectivity index (χ2v) is 3.61. The largest absolute Gasteiger partial charge is 0.508 e. The zero-order valence-electron chi connectivity index (χ0n) is 8.90. The van der Waals surface area contributed by atoms with E-state index in [1.54, 1.807) is 25.1 Å². The van der Waals surface area contributed by atoms with Gasteiger partial charge in [0.15, 0.2) is 0 Å². The molecule has 82 valence electrons. The highest BCUT2D eigenvalue weighted by molar-refractivity contribution is 5.81. The maximum absolute atomic E-state index is 11.3. The van der Waals surface area contributed by atoms with E-state index < -0.39 is 6.04 Å². The summed E-state index contributed by atoms with van der Waals surface area (Å²) in [5, 5.41) is 12.0. The average molecular weight is 208 g/mol. The van der Waals surface area contributed by atoms with Crippen LogP contribution in [0.15, 0.2) is 24.3 Å². The first-order valence-corrected chi connectivity index (χ1v) is 4.85. The van der Waals surface area contributed by atoms with Gasteiger partial charge in [-0.3, -0.25) is 4.79 Å². The number of benzene rings is 1. The van der Waals surface area contributed by atoms with Crippen LogP contribution in [0.25, 0.3) is 0 Å². The number of aromatic hydroxyl groups is 1. The highest BCUT2D eigenvalue weighted by Gasteiger charge is 2.12. The predicted octanol–water partition coefficient (Wildman–Crippen LogP) is 0.917. The van der Waals surface area contributed by atoms with Crippen LogP contribution in [-0.2, 0) is 4.79 Å². The molecule has 0 saturated heterocycles. The monoisotopic (exact) mass is 208 g/mol. The molecule has 0 aliphatic rings. The van der Waals surface area contributed by atoms with Gasteiger partial charge in [0.25, 0.3) is 0 Å². The Hall–Kier alpha value is -1.55. The molecule has 4 nitrogen and oxygen atoms in total. The normalized spacial score (nSPS) is 14.3. The van der Waals surface area contributed by atoms with Crippen LogP contribution in [0.3, 0.4) is 0 Å². The molecule has 0 saturated carbocycles. The zero-order chi connectivity index (χ0) is 11.4. The van der Waals surface area contributed by atoms with Gasteiger partial charge in [-0.25, -0.2) is 0 Å². The fourth-order valence-electron chi connectivity index (χ4n) is 1.22. The van der Waals surface area contributed by atoms with Crippen molar-refractivity contribution in [1.82, 2.24) is 5.32 Å². The molecule has 0 bridgehead atoms. The molecule has 0 fully saturated rings. The Morgan fingerprint density at radius 3 is 2.67 bits per heavy atom. The minimum Gasteiger partial charge on any atom is -0.508 e. The summed E-state index contributed by atoms with van der Waals surface area (Å²) in [6, 6.07) is 6.10. The minimum absolute atomic E-state index is 0.157. The molecule has 15 heavy (non-hydrogen) atoms. The molecule has 1 rings (SSSR count). The van der Waals surface area contributed by atoms with Gasteiger partial charge in [0.05, 0.1) is 12.1 Å². The number of carbonyl (C=O) groups is 1. The Balaban J connectivity index is 2.69. The molecule has 4 heteroatoms. The van der Waals surface area contributed by atoms with Crippen molar-refractivity contribution in [3.05, 3.63) is 29.8 Å².